The lowest BCUT2D eigenvalue weighted by Crippen LogP contribution is -2.82. The molecule has 2 heterocycles. The summed E-state index contributed by atoms with van der Waals surface area (Å²) in [6, 6.07) is 7.71. The van der Waals surface area contributed by atoms with Crippen molar-refractivity contribution in [3.63, 3.8) is 0 Å². The lowest BCUT2D eigenvalue weighted by molar-refractivity contribution is -0.210. The quantitative estimate of drug-likeness (QED) is 0.336. The number of benzene rings is 1. The summed E-state index contributed by atoms with van der Waals surface area (Å²) in [4.78, 5) is 29.3. The van der Waals surface area contributed by atoms with Crippen LogP contribution in [0.25, 0.3) is 0 Å². The maximum absolute atomic E-state index is 13.2. The van der Waals surface area contributed by atoms with Crippen LogP contribution in [-0.2, 0) is 14.3 Å². The number of fused-ring (bicyclic) bond motifs is 1. The fourth-order valence-electron chi connectivity index (χ4n) is 3.65. The van der Waals surface area contributed by atoms with Gasteiger partial charge in [-0.1, -0.05) is 71.3 Å². The number of carbonyl (C=O) groups excluding carboxylic acids is 1. The van der Waals surface area contributed by atoms with E-state index in [1.807, 2.05) is 18.2 Å². The van der Waals surface area contributed by atoms with Crippen LogP contribution in [0.5, 0.6) is 5.75 Å². The van der Waals surface area contributed by atoms with Crippen molar-refractivity contribution in [3.8, 4) is 5.75 Å². The normalized spacial score (nSPS) is 26.5. The van der Waals surface area contributed by atoms with Gasteiger partial charge in [0.1, 0.15) is 17.4 Å². The molecule has 30 heavy (non-hydrogen) atoms. The summed E-state index contributed by atoms with van der Waals surface area (Å²) in [6.07, 6.45) is -0.218. The van der Waals surface area contributed by atoms with Gasteiger partial charge in [0.15, 0.2) is 14.7 Å². The number of ether oxygens (including phenoxy) is 2. The van der Waals surface area contributed by atoms with E-state index in [-0.39, 0.29) is 18.6 Å². The van der Waals surface area contributed by atoms with Crippen molar-refractivity contribution in [1.29, 1.82) is 0 Å². The zero-order chi connectivity index (χ0) is 22.3. The molecule has 0 bridgehead atoms. The number of thioether (sulfide) groups is 1. The Hall–Kier alpha value is -1.45. The summed E-state index contributed by atoms with van der Waals surface area (Å²) in [5.41, 5.74) is -1.47. The molecule has 0 aliphatic carbocycles. The molecule has 1 aromatic carbocycles. The molecule has 3 unspecified atom stereocenters. The lowest BCUT2D eigenvalue weighted by atomic mass is 9.84. The standard InChI is InChI=1S/C19H19Cl3N2O5S/c1-11(2)14(15(25)26)24-16(27)19(28-3)17(24,10-18(20,21)22)30-13(23-19)9-29-12-7-5-4-6-8-12/h4-8,14H,1,9-10H2,2-3H3,(H,25,26). The first-order chi connectivity index (χ1) is 14.0. The van der Waals surface area contributed by atoms with E-state index in [1.165, 1.54) is 14.0 Å². The van der Waals surface area contributed by atoms with E-state index in [0.717, 1.165) is 16.7 Å². The van der Waals surface area contributed by atoms with Crippen LogP contribution >= 0.6 is 46.6 Å². The SMILES string of the molecule is C=C(C)C(C(=O)O)N1C(=O)C2(OC)N=C(COc3ccccc3)SC12CC(Cl)(Cl)Cl. The second-order valence-electron chi connectivity index (χ2n) is 6.90. The summed E-state index contributed by atoms with van der Waals surface area (Å²) < 4.78 is 9.46. The zero-order valence-electron chi connectivity index (χ0n) is 16.1. The Morgan fingerprint density at radius 2 is 2.00 bits per heavy atom. The number of nitrogens with zero attached hydrogens (tertiary/aromatic N) is 2. The third-order valence-electron chi connectivity index (χ3n) is 4.80. The van der Waals surface area contributed by atoms with Crippen molar-refractivity contribution in [2.24, 2.45) is 4.99 Å². The van der Waals surface area contributed by atoms with E-state index in [0.29, 0.717) is 10.8 Å². The molecule has 3 rings (SSSR count). The topological polar surface area (TPSA) is 88.4 Å². The zero-order valence-corrected chi connectivity index (χ0v) is 19.2. The second-order valence-corrected chi connectivity index (χ2v) is 10.8. The highest BCUT2D eigenvalue weighted by Crippen LogP contribution is 2.63. The Morgan fingerprint density at radius 1 is 1.37 bits per heavy atom. The molecule has 1 N–H and O–H groups in total. The number of hydrogen-bond donors (Lipinski definition) is 1. The molecule has 11 heteroatoms. The largest absolute Gasteiger partial charge is 0.487 e. The molecule has 3 atom stereocenters. The highest BCUT2D eigenvalue weighted by molar-refractivity contribution is 8.15. The number of carboxylic acid groups (broad SMARTS) is 1. The molecule has 162 valence electrons. The fraction of sp³-hybridized carbons (Fsp3) is 0.421. The molecule has 1 fully saturated rings. The Kier molecular flexibility index (Phi) is 6.38. The number of amides is 1. The van der Waals surface area contributed by atoms with E-state index in [1.54, 1.807) is 12.1 Å². The van der Waals surface area contributed by atoms with E-state index < -0.39 is 32.3 Å². The minimum absolute atomic E-state index is 0.0350. The van der Waals surface area contributed by atoms with Crippen LogP contribution in [0, 0.1) is 0 Å². The van der Waals surface area contributed by atoms with Crippen LogP contribution in [0.2, 0.25) is 0 Å². The van der Waals surface area contributed by atoms with Crippen LogP contribution in [0.1, 0.15) is 13.3 Å². The van der Waals surface area contributed by atoms with E-state index >= 15 is 0 Å². The van der Waals surface area contributed by atoms with Crippen molar-refractivity contribution in [2.45, 2.75) is 33.8 Å². The maximum atomic E-state index is 13.2. The Balaban J connectivity index is 1.99. The molecule has 7 nitrogen and oxygen atoms in total. The molecular weight excluding hydrogens is 475 g/mol. The van der Waals surface area contributed by atoms with Crippen LogP contribution in [0.3, 0.4) is 0 Å². The molecule has 1 amide bonds. The number of para-hydroxylation sites is 1. The predicted octanol–water partition coefficient (Wildman–Crippen LogP) is 3.88. The molecule has 2 aliphatic rings. The fourth-order valence-corrected chi connectivity index (χ4v) is 6.08. The number of rotatable bonds is 8. The third kappa shape index (κ3) is 3.80. The van der Waals surface area contributed by atoms with Crippen LogP contribution < -0.4 is 4.74 Å². The first kappa shape index (κ1) is 23.2. The number of hydrogen-bond acceptors (Lipinski definition) is 6. The highest BCUT2D eigenvalue weighted by Gasteiger charge is 2.79. The van der Waals surface area contributed by atoms with Crippen LogP contribution in [0.4, 0.5) is 0 Å². The van der Waals surface area contributed by atoms with Gasteiger partial charge < -0.3 is 19.5 Å². The summed E-state index contributed by atoms with van der Waals surface area (Å²) >= 11 is 19.4. The van der Waals surface area contributed by atoms with Crippen molar-refractivity contribution < 1.29 is 24.2 Å². The number of aliphatic carboxylic acids is 1. The number of carboxylic acids is 1. The lowest BCUT2D eigenvalue weighted by Gasteiger charge is -2.60. The molecular formula is C19H19Cl3N2O5S. The van der Waals surface area contributed by atoms with Gasteiger partial charge in [-0.25, -0.2) is 9.79 Å². The average molecular weight is 494 g/mol. The maximum Gasteiger partial charge on any atom is 0.330 e. The number of likely N-dealkylation sites (tertiary alicyclic amines) is 1. The van der Waals surface area contributed by atoms with Gasteiger partial charge >= 0.3 is 5.97 Å². The van der Waals surface area contributed by atoms with Gasteiger partial charge in [0.25, 0.3) is 11.6 Å². The van der Waals surface area contributed by atoms with Gasteiger partial charge in [0.2, 0.25) is 0 Å². The second kappa shape index (κ2) is 8.24. The van der Waals surface area contributed by atoms with Gasteiger partial charge in [-0.05, 0) is 24.6 Å². The van der Waals surface area contributed by atoms with Crippen molar-refractivity contribution in [3.05, 3.63) is 42.5 Å². The first-order valence-corrected chi connectivity index (χ1v) is 10.7. The number of halogens is 3. The smallest absolute Gasteiger partial charge is 0.330 e. The summed E-state index contributed by atoms with van der Waals surface area (Å²) in [5, 5.41) is 10.2. The van der Waals surface area contributed by atoms with Crippen LogP contribution in [0.15, 0.2) is 47.5 Å². The van der Waals surface area contributed by atoms with Gasteiger partial charge in [-0.2, -0.15) is 0 Å². The number of aliphatic imine (C=N–C) groups is 1. The van der Waals surface area contributed by atoms with Gasteiger partial charge in [-0.3, -0.25) is 4.79 Å². The van der Waals surface area contributed by atoms with Crippen molar-refractivity contribution in [1.82, 2.24) is 4.90 Å². The van der Waals surface area contributed by atoms with Crippen molar-refractivity contribution in [2.75, 3.05) is 13.7 Å². The first-order valence-electron chi connectivity index (χ1n) is 8.77. The Morgan fingerprint density at radius 3 is 2.50 bits per heavy atom. The molecule has 0 saturated carbocycles. The number of β-lactam (4-membered cyclic amide) rings is 1. The molecule has 1 saturated heterocycles. The van der Waals surface area contributed by atoms with Gasteiger partial charge in [-0.15, -0.1) is 0 Å². The molecule has 0 spiro atoms. The minimum atomic E-state index is -1.81. The van der Waals surface area contributed by atoms with Crippen molar-refractivity contribution >= 4 is 63.5 Å². The minimum Gasteiger partial charge on any atom is -0.487 e. The molecule has 0 radical (unpaired) electrons. The molecule has 0 aromatic heterocycles. The van der Waals surface area contributed by atoms with E-state index in [2.05, 4.69) is 11.6 Å². The molecule has 2 aliphatic heterocycles. The summed E-state index contributed by atoms with van der Waals surface area (Å²) in [7, 11) is 1.31. The van der Waals surface area contributed by atoms with Gasteiger partial charge in [0, 0.05) is 13.5 Å². The van der Waals surface area contributed by atoms with E-state index in [4.69, 9.17) is 44.3 Å². The summed E-state index contributed by atoms with van der Waals surface area (Å²) in [5.74, 6) is -1.29. The monoisotopic (exact) mass is 492 g/mol. The molecule has 1 aromatic rings. The number of carbonyl (C=O) groups is 2. The van der Waals surface area contributed by atoms with Gasteiger partial charge in [0.05, 0.1) is 0 Å². The Bertz CT molecular complexity index is 893. The number of methoxy groups -OCH3 is 1. The predicted molar refractivity (Wildman–Crippen MR) is 117 cm³/mol. The highest BCUT2D eigenvalue weighted by atomic mass is 35.6. The van der Waals surface area contributed by atoms with Crippen LogP contribution in [-0.4, -0.2) is 61.1 Å². The van der Waals surface area contributed by atoms with E-state index in [9.17, 15) is 14.7 Å². The average Bonchev–Trinajstić information content (AvgIpc) is 2.93. The number of alkyl halides is 3. The summed E-state index contributed by atoms with van der Waals surface area (Å²) in [6.45, 7) is 5.26. The Labute approximate surface area is 193 Å². The third-order valence-corrected chi connectivity index (χ3v) is 6.60.